The van der Waals surface area contributed by atoms with Crippen molar-refractivity contribution in [1.29, 1.82) is 0 Å². The summed E-state index contributed by atoms with van der Waals surface area (Å²) in [5.74, 6) is 0. The first-order valence-corrected chi connectivity index (χ1v) is 1.88. The topological polar surface area (TPSA) is 110 Å². The van der Waals surface area contributed by atoms with Gasteiger partial charge in [0.15, 0.2) is 0 Å². The molecule has 0 aromatic carbocycles. The van der Waals surface area contributed by atoms with Crippen LogP contribution >= 0.6 is 0 Å². The summed E-state index contributed by atoms with van der Waals surface area (Å²) in [4.78, 5) is 28.8. The Morgan fingerprint density at radius 1 is 0.786 bits per heavy atom. The fourth-order valence-corrected chi connectivity index (χ4v) is 0.163. The number of carbonyl (C=O) groups excluding carboxylic acids is 1. The summed E-state index contributed by atoms with van der Waals surface area (Å²) in [5.41, 5.74) is 0. The normalized spacial score (nSPS) is 5.71. The van der Waals surface area contributed by atoms with Gasteiger partial charge in [0.05, 0.1) is 0 Å². The van der Waals surface area contributed by atoms with E-state index in [1.807, 2.05) is 0 Å². The van der Waals surface area contributed by atoms with Crippen molar-refractivity contribution in [3.63, 3.8) is 0 Å². The minimum absolute atomic E-state index is 0. The summed E-state index contributed by atoms with van der Waals surface area (Å²) in [7, 11) is 0. The van der Waals surface area contributed by atoms with Crippen LogP contribution in [-0.4, -0.2) is 104 Å². The summed E-state index contributed by atoms with van der Waals surface area (Å²) < 4.78 is 6.47. The van der Waals surface area contributed by atoms with E-state index in [-0.39, 0.29) is 110 Å². The van der Waals surface area contributed by atoms with Crippen molar-refractivity contribution < 1.29 is 68.8 Å². The van der Waals surface area contributed by atoms with Crippen LogP contribution in [0.5, 0.6) is 0 Å². The molecule has 11 heteroatoms. The summed E-state index contributed by atoms with van der Waals surface area (Å²) in [6.07, 6.45) is -5.64. The smallest absolute Gasteiger partial charge is 0 e. The number of carboxylic acid groups (broad SMARTS) is 2. The second kappa shape index (κ2) is 17.2. The van der Waals surface area contributed by atoms with Crippen molar-refractivity contribution in [2.45, 2.75) is 0 Å². The first-order chi connectivity index (χ1) is 4.52. The van der Waals surface area contributed by atoms with Crippen LogP contribution in [0.3, 0.4) is 0 Å². The average molecular weight is 338 g/mol. The molecule has 0 saturated carbocycles. The summed E-state index contributed by atoms with van der Waals surface area (Å²) >= 11 is 0. The Bertz CT molecular complexity index is 168. The molecule has 0 heterocycles. The van der Waals surface area contributed by atoms with Gasteiger partial charge in [0.1, 0.15) is 0 Å². The first-order valence-electron chi connectivity index (χ1n) is 1.88. The van der Waals surface area contributed by atoms with Gasteiger partial charge in [-0.05, 0) is 0 Å². The Hall–Kier alpha value is 1.79. The van der Waals surface area contributed by atoms with E-state index in [2.05, 4.69) is 9.47 Å². The molecule has 0 rings (SSSR count). The molecule has 0 atom stereocenters. The number of rotatable bonds is 0. The zero-order valence-corrected chi connectivity index (χ0v) is 7.80. The van der Waals surface area contributed by atoms with E-state index < -0.39 is 18.5 Å². The van der Waals surface area contributed by atoms with Crippen LogP contribution in [0.1, 0.15) is 0 Å². The van der Waals surface area contributed by atoms with Gasteiger partial charge >= 0.3 is 93.9 Å². The number of carbonyl (C=O) groups is 3. The molecule has 0 saturated heterocycles. The number of ether oxygens (including phenoxy) is 2. The van der Waals surface area contributed by atoms with Crippen molar-refractivity contribution in [3.05, 3.63) is 0 Å². The van der Waals surface area contributed by atoms with E-state index in [0.29, 0.717) is 0 Å². The SMILES string of the molecule is O=C(O)OC(=O)OC(=O)O.[CaH2].[CaH2].[Cr].[Cr]. The van der Waals surface area contributed by atoms with Gasteiger partial charge in [0.25, 0.3) is 0 Å². The van der Waals surface area contributed by atoms with E-state index in [1.165, 1.54) is 0 Å². The molecule has 7 nitrogen and oxygen atoms in total. The van der Waals surface area contributed by atoms with Gasteiger partial charge < -0.3 is 19.7 Å². The van der Waals surface area contributed by atoms with E-state index >= 15 is 0 Å². The van der Waals surface area contributed by atoms with Gasteiger partial charge in [-0.1, -0.05) is 0 Å². The second-order valence-electron chi connectivity index (χ2n) is 0.986. The van der Waals surface area contributed by atoms with Gasteiger partial charge in [0.2, 0.25) is 0 Å². The van der Waals surface area contributed by atoms with Crippen molar-refractivity contribution in [2.24, 2.45) is 0 Å². The first kappa shape index (κ1) is 29.7. The maximum Gasteiger partial charge on any atom is 0 e. The minimum Gasteiger partial charge on any atom is 0 e. The van der Waals surface area contributed by atoms with Crippen LogP contribution in [-0.2, 0) is 44.2 Å². The van der Waals surface area contributed by atoms with Gasteiger partial charge in [-0.3, -0.25) is 0 Å². The van der Waals surface area contributed by atoms with E-state index in [9.17, 15) is 14.4 Å². The van der Waals surface area contributed by atoms with E-state index in [0.717, 1.165) is 0 Å². The van der Waals surface area contributed by atoms with E-state index in [1.54, 1.807) is 0 Å². The third kappa shape index (κ3) is 23.5. The average Bonchev–Trinajstić information content (AvgIpc) is 1.58. The molecular formula is C3H6Ca2Cr2O7. The minimum atomic E-state index is -1.92. The third-order valence-electron chi connectivity index (χ3n) is 0.341. The van der Waals surface area contributed by atoms with Gasteiger partial charge in [-0.15, -0.1) is 0 Å². The Morgan fingerprint density at radius 2 is 1.00 bits per heavy atom. The monoisotopic (exact) mass is 338 g/mol. The molecule has 0 aliphatic carbocycles. The largest absolute Gasteiger partial charge is 0 e. The number of hydrogen-bond donors (Lipinski definition) is 2. The van der Waals surface area contributed by atoms with Crippen LogP contribution in [0.4, 0.5) is 14.4 Å². The summed E-state index contributed by atoms with van der Waals surface area (Å²) in [6, 6.07) is 0. The maximum atomic E-state index is 9.86. The third-order valence-corrected chi connectivity index (χ3v) is 0.341. The molecule has 0 bridgehead atoms. The molecule has 0 fully saturated rings. The standard InChI is InChI=1S/C3H2O7.2Ca.2Cr.4H/c4-1(5)9-3(8)10-2(6)7;;;;;;;;/h(H,4,5)(H,6,7);;;;;;;;. The molecule has 76 valence electrons. The van der Waals surface area contributed by atoms with Gasteiger partial charge in [-0.25, -0.2) is 14.4 Å². The molecule has 0 amide bonds. The van der Waals surface area contributed by atoms with Crippen LogP contribution in [0.2, 0.25) is 0 Å². The molecule has 0 aliphatic heterocycles. The van der Waals surface area contributed by atoms with Crippen molar-refractivity contribution >= 4 is 93.9 Å². The van der Waals surface area contributed by atoms with Crippen LogP contribution in [0, 0.1) is 0 Å². The summed E-state index contributed by atoms with van der Waals surface area (Å²) in [5, 5.41) is 15.4. The predicted octanol–water partition coefficient (Wildman–Crippen LogP) is -1.34. The molecule has 0 aliphatic rings. The fourth-order valence-electron chi connectivity index (χ4n) is 0.163. The zero-order valence-electron chi connectivity index (χ0n) is 5.25. The number of hydrogen-bond acceptors (Lipinski definition) is 5. The van der Waals surface area contributed by atoms with Crippen molar-refractivity contribution in [2.75, 3.05) is 0 Å². The van der Waals surface area contributed by atoms with Crippen LogP contribution in [0.25, 0.3) is 0 Å². The van der Waals surface area contributed by atoms with Crippen LogP contribution < -0.4 is 0 Å². The van der Waals surface area contributed by atoms with Gasteiger partial charge in [-0.2, -0.15) is 0 Å². The van der Waals surface area contributed by atoms with E-state index in [4.69, 9.17) is 10.2 Å². The Kier molecular flexibility index (Phi) is 36.4. The fraction of sp³-hybridized carbons (Fsp3) is 0. The summed E-state index contributed by atoms with van der Waals surface area (Å²) in [6.45, 7) is 0. The molecule has 0 aromatic heterocycles. The Labute approximate surface area is 160 Å². The quantitative estimate of drug-likeness (QED) is 0.319. The Balaban J connectivity index is -0.0000000675. The molecule has 0 unspecified atom stereocenters. The predicted molar refractivity (Wildman–Crippen MR) is 40.7 cm³/mol. The molecular weight excluding hydrogens is 332 g/mol. The second-order valence-corrected chi connectivity index (χ2v) is 0.986. The molecule has 2 N–H and O–H groups in total. The molecule has 0 spiro atoms. The molecule has 14 heavy (non-hydrogen) atoms. The maximum absolute atomic E-state index is 9.86. The molecule has 0 radical (unpaired) electrons. The van der Waals surface area contributed by atoms with Crippen molar-refractivity contribution in [3.8, 4) is 0 Å². The van der Waals surface area contributed by atoms with Crippen LogP contribution in [0.15, 0.2) is 0 Å². The zero-order chi connectivity index (χ0) is 8.15. The molecule has 0 aromatic rings. The Morgan fingerprint density at radius 3 is 1.14 bits per heavy atom. The van der Waals surface area contributed by atoms with Gasteiger partial charge in [0, 0.05) is 34.7 Å². The van der Waals surface area contributed by atoms with Crippen molar-refractivity contribution in [1.82, 2.24) is 0 Å².